The molecule has 0 unspecified atom stereocenters. The molecule has 3 heteroatoms. The molecule has 0 saturated carbocycles. The van der Waals surface area contributed by atoms with Crippen molar-refractivity contribution in [1.82, 2.24) is 9.97 Å². The summed E-state index contributed by atoms with van der Waals surface area (Å²) in [5.74, 6) is 0. The van der Waals surface area contributed by atoms with Gasteiger partial charge in [-0.2, -0.15) is 10.0 Å². The maximum atomic E-state index is 4.74. The van der Waals surface area contributed by atoms with Gasteiger partial charge in [0.25, 0.3) is 0 Å². The van der Waals surface area contributed by atoms with E-state index in [0.29, 0.717) is 0 Å². The predicted molar refractivity (Wildman–Crippen MR) is 122 cm³/mol. The molecular formula is C25H26N2S. The largest absolute Gasteiger partial charge is 0.256 e. The first-order valence-corrected chi connectivity index (χ1v) is 12.1. The molecular weight excluding hydrogens is 360 g/mol. The van der Waals surface area contributed by atoms with Crippen LogP contribution in [-0.4, -0.2) is 22.5 Å². The summed E-state index contributed by atoms with van der Waals surface area (Å²) in [6.07, 6.45) is 9.47. The normalized spacial score (nSPS) is 12.3. The van der Waals surface area contributed by atoms with Crippen LogP contribution in [0.15, 0.2) is 83.0 Å². The fourth-order valence-corrected chi connectivity index (χ4v) is 5.49. The fourth-order valence-electron chi connectivity index (χ4n) is 3.68. The van der Waals surface area contributed by atoms with Gasteiger partial charge in [-0.3, -0.25) is 9.97 Å². The molecule has 2 heterocycles. The van der Waals surface area contributed by atoms with Crippen molar-refractivity contribution < 1.29 is 0 Å². The van der Waals surface area contributed by atoms with Gasteiger partial charge in [0, 0.05) is 23.3 Å². The highest BCUT2D eigenvalue weighted by molar-refractivity contribution is 8.32. The number of rotatable bonds is 4. The highest BCUT2D eigenvalue weighted by Gasteiger charge is 2.19. The maximum Gasteiger partial charge on any atom is 0.0825 e. The molecule has 142 valence electrons. The number of aromatic nitrogens is 2. The molecule has 0 fully saturated rings. The molecule has 4 aromatic rings. The third-order valence-corrected chi connectivity index (χ3v) is 8.02. The number of pyridine rings is 2. The number of fused-ring (bicyclic) bond motifs is 1. The summed E-state index contributed by atoms with van der Waals surface area (Å²) in [4.78, 5) is 10.7. The number of benzene rings is 2. The van der Waals surface area contributed by atoms with Gasteiger partial charge in [0.2, 0.25) is 0 Å². The Hall–Kier alpha value is -2.65. The summed E-state index contributed by atoms with van der Waals surface area (Å²) in [7, 11) is -1.16. The lowest BCUT2D eigenvalue weighted by Gasteiger charge is -2.31. The Labute approximate surface area is 169 Å². The van der Waals surface area contributed by atoms with E-state index >= 15 is 0 Å². The molecule has 28 heavy (non-hydrogen) atoms. The average Bonchev–Trinajstić information content (AvgIpc) is 2.73. The van der Waals surface area contributed by atoms with Crippen LogP contribution < -0.4 is 0 Å². The van der Waals surface area contributed by atoms with Gasteiger partial charge in [-0.1, -0.05) is 30.7 Å². The molecule has 4 rings (SSSR count). The van der Waals surface area contributed by atoms with E-state index in [1.54, 1.807) is 0 Å². The SMILES string of the molecule is CCc1cc(C)cc(-c2nccc3cc(S(C)(C)c4ccccn4)ccc23)c1. The van der Waals surface area contributed by atoms with E-state index in [1.807, 2.05) is 18.5 Å². The van der Waals surface area contributed by atoms with Crippen LogP contribution in [0.2, 0.25) is 0 Å². The summed E-state index contributed by atoms with van der Waals surface area (Å²) in [5.41, 5.74) is 4.90. The first-order chi connectivity index (χ1) is 13.5. The lowest BCUT2D eigenvalue weighted by molar-refractivity contribution is 1.11. The lowest BCUT2D eigenvalue weighted by Crippen LogP contribution is -2.00. The highest BCUT2D eigenvalue weighted by atomic mass is 32.3. The van der Waals surface area contributed by atoms with Gasteiger partial charge >= 0.3 is 0 Å². The Morgan fingerprint density at radius 2 is 1.71 bits per heavy atom. The summed E-state index contributed by atoms with van der Waals surface area (Å²) in [6.45, 7) is 4.36. The van der Waals surface area contributed by atoms with Crippen molar-refractivity contribution in [1.29, 1.82) is 0 Å². The van der Waals surface area contributed by atoms with E-state index < -0.39 is 10.0 Å². The summed E-state index contributed by atoms with van der Waals surface area (Å²) >= 11 is 0. The number of hydrogen-bond acceptors (Lipinski definition) is 2. The van der Waals surface area contributed by atoms with Gasteiger partial charge in [0.05, 0.1) is 10.7 Å². The second-order valence-electron chi connectivity index (χ2n) is 7.60. The zero-order chi connectivity index (χ0) is 19.7. The molecule has 0 spiro atoms. The minimum atomic E-state index is -1.16. The second-order valence-corrected chi connectivity index (χ2v) is 11.1. The molecule has 0 radical (unpaired) electrons. The zero-order valence-corrected chi connectivity index (χ0v) is 17.8. The number of hydrogen-bond donors (Lipinski definition) is 0. The van der Waals surface area contributed by atoms with Crippen molar-refractivity contribution in [2.24, 2.45) is 0 Å². The van der Waals surface area contributed by atoms with Crippen molar-refractivity contribution >= 4 is 20.8 Å². The maximum absolute atomic E-state index is 4.74. The quantitative estimate of drug-likeness (QED) is 0.392. The van der Waals surface area contributed by atoms with Crippen LogP contribution in [0, 0.1) is 6.92 Å². The smallest absolute Gasteiger partial charge is 0.0825 e. The van der Waals surface area contributed by atoms with Gasteiger partial charge < -0.3 is 0 Å². The van der Waals surface area contributed by atoms with Gasteiger partial charge in [-0.15, -0.1) is 0 Å². The van der Waals surface area contributed by atoms with E-state index in [4.69, 9.17) is 4.98 Å². The van der Waals surface area contributed by atoms with Crippen LogP contribution in [-0.2, 0) is 6.42 Å². The average molecular weight is 387 g/mol. The van der Waals surface area contributed by atoms with E-state index in [2.05, 4.69) is 85.9 Å². The van der Waals surface area contributed by atoms with E-state index in [0.717, 1.165) is 17.1 Å². The standard InChI is InChI=1S/C25H26N2S/c1-5-19-14-18(2)15-21(16-19)25-23-10-9-22(17-20(23)11-13-27-25)28(3,4)24-8-6-7-12-26-24/h6-17H,5H2,1-4H3. The van der Waals surface area contributed by atoms with Crippen LogP contribution in [0.5, 0.6) is 0 Å². The summed E-state index contributed by atoms with van der Waals surface area (Å²) < 4.78 is 0. The molecule has 2 aromatic carbocycles. The van der Waals surface area contributed by atoms with E-state index in [-0.39, 0.29) is 0 Å². The molecule has 0 atom stereocenters. The topological polar surface area (TPSA) is 25.8 Å². The monoisotopic (exact) mass is 386 g/mol. The fraction of sp³-hybridized carbons (Fsp3) is 0.200. The Morgan fingerprint density at radius 1 is 0.857 bits per heavy atom. The van der Waals surface area contributed by atoms with Crippen molar-refractivity contribution in [3.8, 4) is 11.3 Å². The third-order valence-electron chi connectivity index (χ3n) is 5.30. The predicted octanol–water partition coefficient (Wildman–Crippen LogP) is 6.65. The molecule has 2 aromatic heterocycles. The number of nitrogens with zero attached hydrogens (tertiary/aromatic N) is 2. The van der Waals surface area contributed by atoms with Crippen molar-refractivity contribution in [2.45, 2.75) is 30.2 Å². The molecule has 0 saturated heterocycles. The Bertz CT molecular complexity index is 1130. The summed E-state index contributed by atoms with van der Waals surface area (Å²) in [6, 6.07) is 21.9. The highest BCUT2D eigenvalue weighted by Crippen LogP contribution is 2.55. The van der Waals surface area contributed by atoms with Crippen LogP contribution >= 0.6 is 10.0 Å². The van der Waals surface area contributed by atoms with Crippen molar-refractivity contribution in [3.63, 3.8) is 0 Å². The summed E-state index contributed by atoms with van der Waals surface area (Å²) in [5, 5.41) is 3.60. The first-order valence-electron chi connectivity index (χ1n) is 9.63. The van der Waals surface area contributed by atoms with Crippen molar-refractivity contribution in [2.75, 3.05) is 12.5 Å². The number of aryl methyl sites for hydroxylation is 2. The second kappa shape index (κ2) is 7.40. The molecule has 2 nitrogen and oxygen atoms in total. The molecule has 0 aliphatic heterocycles. The van der Waals surface area contributed by atoms with E-state index in [1.165, 1.54) is 32.4 Å². The lowest BCUT2D eigenvalue weighted by atomic mass is 9.99. The minimum Gasteiger partial charge on any atom is -0.256 e. The van der Waals surface area contributed by atoms with Gasteiger partial charge in [0.15, 0.2) is 0 Å². The molecule has 0 N–H and O–H groups in total. The van der Waals surface area contributed by atoms with Crippen LogP contribution in [0.25, 0.3) is 22.0 Å². The minimum absolute atomic E-state index is 1.03. The molecule has 0 aliphatic carbocycles. The van der Waals surface area contributed by atoms with Crippen LogP contribution in [0.4, 0.5) is 0 Å². The van der Waals surface area contributed by atoms with Gasteiger partial charge in [-0.25, -0.2) is 0 Å². The van der Waals surface area contributed by atoms with Crippen LogP contribution in [0.1, 0.15) is 18.1 Å². The first kappa shape index (κ1) is 18.7. The van der Waals surface area contributed by atoms with E-state index in [9.17, 15) is 0 Å². The Kier molecular flexibility index (Phi) is 4.94. The van der Waals surface area contributed by atoms with Crippen LogP contribution in [0.3, 0.4) is 0 Å². The zero-order valence-electron chi connectivity index (χ0n) is 16.9. The molecule has 0 aliphatic rings. The Morgan fingerprint density at radius 3 is 2.46 bits per heavy atom. The van der Waals surface area contributed by atoms with Gasteiger partial charge in [0.1, 0.15) is 0 Å². The molecule has 0 bridgehead atoms. The molecule has 0 amide bonds. The third kappa shape index (κ3) is 3.43. The van der Waals surface area contributed by atoms with Crippen molar-refractivity contribution in [3.05, 3.63) is 84.2 Å². The van der Waals surface area contributed by atoms with Gasteiger partial charge in [-0.05, 0) is 84.2 Å². The Balaban J connectivity index is 1.84.